The molecule has 0 radical (unpaired) electrons. The van der Waals surface area contributed by atoms with E-state index in [1.54, 1.807) is 6.92 Å². The minimum atomic E-state index is -5.08. The molecule has 0 aliphatic heterocycles. The molecule has 0 spiro atoms. The molecule has 0 saturated heterocycles. The first-order valence-electron chi connectivity index (χ1n) is 5.45. The first kappa shape index (κ1) is 12.9. The smallest absolute Gasteiger partial charge is 0.169 e. The van der Waals surface area contributed by atoms with E-state index in [0.29, 0.717) is 12.8 Å². The molecule has 0 N–H and O–H groups in total. The van der Waals surface area contributed by atoms with Crippen molar-refractivity contribution in [3.8, 4) is 0 Å². The van der Waals surface area contributed by atoms with Crippen molar-refractivity contribution in [2.45, 2.75) is 46.0 Å². The van der Waals surface area contributed by atoms with Crippen molar-refractivity contribution in [3.63, 3.8) is 0 Å². The van der Waals surface area contributed by atoms with E-state index in [4.69, 9.17) is 0 Å². The average Bonchev–Trinajstić information content (AvgIpc) is 2.58. The Morgan fingerprint density at radius 1 is 1.47 bits per heavy atom. The summed E-state index contributed by atoms with van der Waals surface area (Å²) in [6.45, 7) is 3.73. The predicted molar refractivity (Wildman–Crippen MR) is 53.0 cm³/mol. The lowest BCUT2D eigenvalue weighted by molar-refractivity contribution is -0.311. The van der Waals surface area contributed by atoms with E-state index in [1.165, 1.54) is 0 Å². The monoisotopic (exact) mass is 232 g/mol. The SMILES string of the molecule is CCC1CCCC1(CC)C(=O)P(=O)([O-])[O-]. The highest BCUT2D eigenvalue weighted by molar-refractivity contribution is 7.67. The number of rotatable bonds is 4. The molecule has 0 bridgehead atoms. The van der Waals surface area contributed by atoms with E-state index in [1.807, 2.05) is 6.92 Å². The van der Waals surface area contributed by atoms with Gasteiger partial charge in [-0.25, -0.2) is 0 Å². The molecule has 0 aromatic rings. The van der Waals surface area contributed by atoms with Crippen LogP contribution in [0.4, 0.5) is 0 Å². The summed E-state index contributed by atoms with van der Waals surface area (Å²) in [5.41, 5.74) is -1.94. The summed E-state index contributed by atoms with van der Waals surface area (Å²) < 4.78 is 10.9. The zero-order valence-electron chi connectivity index (χ0n) is 9.19. The van der Waals surface area contributed by atoms with Crippen LogP contribution in [0.25, 0.3) is 0 Å². The maximum atomic E-state index is 11.7. The van der Waals surface area contributed by atoms with E-state index in [-0.39, 0.29) is 5.92 Å². The van der Waals surface area contributed by atoms with Crippen LogP contribution in [0.5, 0.6) is 0 Å². The molecular weight excluding hydrogens is 215 g/mol. The van der Waals surface area contributed by atoms with E-state index >= 15 is 0 Å². The van der Waals surface area contributed by atoms with Gasteiger partial charge in [0.1, 0.15) is 0 Å². The molecule has 2 atom stereocenters. The number of hydrogen-bond acceptors (Lipinski definition) is 4. The van der Waals surface area contributed by atoms with Crippen molar-refractivity contribution in [3.05, 3.63) is 0 Å². The fraction of sp³-hybridized carbons (Fsp3) is 0.900. The first-order chi connectivity index (χ1) is 6.88. The Labute approximate surface area is 90.2 Å². The van der Waals surface area contributed by atoms with Gasteiger partial charge in [-0.1, -0.05) is 26.7 Å². The fourth-order valence-electron chi connectivity index (χ4n) is 2.91. The maximum absolute atomic E-state index is 11.7. The molecule has 88 valence electrons. The van der Waals surface area contributed by atoms with Crippen molar-refractivity contribution >= 4 is 13.1 Å². The highest BCUT2D eigenvalue weighted by Gasteiger charge is 2.46. The van der Waals surface area contributed by atoms with Gasteiger partial charge >= 0.3 is 0 Å². The van der Waals surface area contributed by atoms with Crippen LogP contribution >= 0.6 is 7.60 Å². The molecule has 1 saturated carbocycles. The Morgan fingerprint density at radius 2 is 2.07 bits per heavy atom. The van der Waals surface area contributed by atoms with Crippen LogP contribution in [-0.2, 0) is 9.36 Å². The average molecular weight is 232 g/mol. The normalized spacial score (nSPS) is 31.9. The zero-order valence-corrected chi connectivity index (χ0v) is 10.1. The minimum Gasteiger partial charge on any atom is -0.805 e. The van der Waals surface area contributed by atoms with Crippen LogP contribution in [0.15, 0.2) is 0 Å². The summed E-state index contributed by atoms with van der Waals surface area (Å²) in [5, 5.41) is 0. The lowest BCUT2D eigenvalue weighted by atomic mass is 9.75. The van der Waals surface area contributed by atoms with Crippen LogP contribution in [0, 0.1) is 11.3 Å². The quantitative estimate of drug-likeness (QED) is 0.678. The highest BCUT2D eigenvalue weighted by atomic mass is 31.2. The number of hydrogen-bond donors (Lipinski definition) is 0. The molecule has 0 heterocycles. The highest BCUT2D eigenvalue weighted by Crippen LogP contribution is 2.53. The van der Waals surface area contributed by atoms with Gasteiger partial charge in [-0.3, -0.25) is 4.79 Å². The molecular formula is C10H17O4P-2. The molecule has 5 heteroatoms. The van der Waals surface area contributed by atoms with Gasteiger partial charge < -0.3 is 14.4 Å². The molecule has 0 aromatic carbocycles. The van der Waals surface area contributed by atoms with E-state index in [0.717, 1.165) is 19.3 Å². The molecule has 4 nitrogen and oxygen atoms in total. The van der Waals surface area contributed by atoms with Crippen LogP contribution in [0.2, 0.25) is 0 Å². The van der Waals surface area contributed by atoms with Gasteiger partial charge in [-0.15, -0.1) is 0 Å². The molecule has 0 aromatic heterocycles. The van der Waals surface area contributed by atoms with Gasteiger partial charge in [0.25, 0.3) is 0 Å². The Morgan fingerprint density at radius 3 is 2.47 bits per heavy atom. The zero-order chi connectivity index (χ0) is 11.7. The number of carbonyl (C=O) groups excluding carboxylic acids is 1. The second kappa shape index (κ2) is 4.36. The summed E-state index contributed by atoms with van der Waals surface area (Å²) in [7, 11) is -5.08. The van der Waals surface area contributed by atoms with Crippen LogP contribution in [-0.4, -0.2) is 5.52 Å². The van der Waals surface area contributed by atoms with Gasteiger partial charge in [-0.2, -0.15) is 0 Å². The van der Waals surface area contributed by atoms with Gasteiger partial charge in [0, 0.05) is 13.0 Å². The standard InChI is InChI=1S/C10H19O4P/c1-3-8-6-5-7-10(8,4-2)9(11)15(12,13)14/h8H,3-7H2,1-2H3,(H2,12,13,14)/p-2. The van der Waals surface area contributed by atoms with E-state index < -0.39 is 18.5 Å². The lowest BCUT2D eigenvalue weighted by Gasteiger charge is -2.41. The third-order valence-corrected chi connectivity index (χ3v) is 4.70. The summed E-state index contributed by atoms with van der Waals surface area (Å²) in [4.78, 5) is 33.4. The lowest BCUT2D eigenvalue weighted by Crippen LogP contribution is -2.39. The first-order valence-corrected chi connectivity index (χ1v) is 6.99. The van der Waals surface area contributed by atoms with Crippen molar-refractivity contribution in [1.29, 1.82) is 0 Å². The maximum Gasteiger partial charge on any atom is 0.169 e. The molecule has 1 aliphatic rings. The molecule has 2 unspecified atom stereocenters. The van der Waals surface area contributed by atoms with E-state index in [9.17, 15) is 19.1 Å². The van der Waals surface area contributed by atoms with Crippen molar-refractivity contribution in [1.82, 2.24) is 0 Å². The minimum absolute atomic E-state index is 0.0613. The molecule has 1 rings (SSSR count). The largest absolute Gasteiger partial charge is 0.805 e. The van der Waals surface area contributed by atoms with Crippen LogP contribution in [0.3, 0.4) is 0 Å². The third kappa shape index (κ3) is 2.17. The van der Waals surface area contributed by atoms with Crippen LogP contribution in [0.1, 0.15) is 46.0 Å². The number of carbonyl (C=O) groups is 1. The molecule has 1 fully saturated rings. The second-order valence-electron chi connectivity index (χ2n) is 4.31. The van der Waals surface area contributed by atoms with E-state index in [2.05, 4.69) is 0 Å². The second-order valence-corrected chi connectivity index (χ2v) is 5.71. The molecule has 15 heavy (non-hydrogen) atoms. The summed E-state index contributed by atoms with van der Waals surface area (Å²) >= 11 is 0. The van der Waals surface area contributed by atoms with Crippen LogP contribution < -0.4 is 9.79 Å². The van der Waals surface area contributed by atoms with Gasteiger partial charge in [0.15, 0.2) is 5.52 Å². The Kier molecular flexibility index (Phi) is 3.75. The Bertz CT molecular complexity index is 296. The third-order valence-electron chi connectivity index (χ3n) is 3.76. The summed E-state index contributed by atoms with van der Waals surface area (Å²) in [6, 6.07) is 0. The van der Waals surface area contributed by atoms with Crippen molar-refractivity contribution < 1.29 is 19.1 Å². The topological polar surface area (TPSA) is 80.3 Å². The predicted octanol–water partition coefficient (Wildman–Crippen LogP) is 1.03. The Balaban J connectivity index is 3.04. The Hall–Kier alpha value is -0.180. The summed E-state index contributed by atoms with van der Waals surface area (Å²) in [6.07, 6.45) is 3.47. The molecule has 1 aliphatic carbocycles. The summed E-state index contributed by atoms with van der Waals surface area (Å²) in [5.74, 6) is 0.0613. The van der Waals surface area contributed by atoms with Gasteiger partial charge in [0.05, 0.1) is 0 Å². The molecule has 0 amide bonds. The van der Waals surface area contributed by atoms with Crippen molar-refractivity contribution in [2.24, 2.45) is 11.3 Å². The van der Waals surface area contributed by atoms with Gasteiger partial charge in [0.2, 0.25) is 0 Å². The van der Waals surface area contributed by atoms with Gasteiger partial charge in [-0.05, 0) is 25.2 Å². The fourth-order valence-corrected chi connectivity index (χ4v) is 3.91. The van der Waals surface area contributed by atoms with Crippen molar-refractivity contribution in [2.75, 3.05) is 0 Å².